The molecule has 0 rings (SSSR count). The fourth-order valence-electron chi connectivity index (χ4n) is 0. The predicted octanol–water partition coefficient (Wildman–Crippen LogP) is 1.07. The molecule has 0 bridgehead atoms. The standard InChI is InChI=1S/C2H2ClIO2/c3-1(4)2(5)6/h1H,(H,5,6)/t1-/m0/s1. The Hall–Kier alpha value is 0.490. The quantitative estimate of drug-likeness (QED) is 0.530. The summed E-state index contributed by atoms with van der Waals surface area (Å²) in [4.78, 5) is 9.56. The highest BCUT2D eigenvalue weighted by atomic mass is 127. The van der Waals surface area contributed by atoms with E-state index in [-0.39, 0.29) is 0 Å². The Kier molecular flexibility index (Phi) is 2.84. The fraction of sp³-hybridized carbons (Fsp3) is 0.500. The van der Waals surface area contributed by atoms with Crippen LogP contribution in [0.1, 0.15) is 0 Å². The van der Waals surface area contributed by atoms with E-state index in [9.17, 15) is 4.79 Å². The van der Waals surface area contributed by atoms with Crippen molar-refractivity contribution in [3.63, 3.8) is 0 Å². The van der Waals surface area contributed by atoms with Crippen molar-refractivity contribution in [2.24, 2.45) is 0 Å². The Morgan fingerprint density at radius 3 is 2.17 bits per heavy atom. The van der Waals surface area contributed by atoms with Crippen LogP contribution in [0.25, 0.3) is 0 Å². The number of rotatable bonds is 1. The van der Waals surface area contributed by atoms with Gasteiger partial charge in [0.25, 0.3) is 0 Å². The Balaban J connectivity index is 3.26. The van der Waals surface area contributed by atoms with Crippen LogP contribution in [0.3, 0.4) is 0 Å². The third kappa shape index (κ3) is 2.71. The number of carboxylic acids is 1. The number of carboxylic acid groups (broad SMARTS) is 1. The Labute approximate surface area is 53.6 Å². The van der Waals surface area contributed by atoms with Crippen LogP contribution in [0, 0.1) is 0 Å². The van der Waals surface area contributed by atoms with Gasteiger partial charge in [0.2, 0.25) is 0 Å². The molecule has 0 amide bonds. The van der Waals surface area contributed by atoms with Crippen molar-refractivity contribution < 1.29 is 9.90 Å². The zero-order valence-electron chi connectivity index (χ0n) is 2.69. The van der Waals surface area contributed by atoms with E-state index in [2.05, 4.69) is 0 Å². The minimum atomic E-state index is -0.989. The summed E-state index contributed by atoms with van der Waals surface area (Å²) in [5.74, 6) is -0.989. The monoisotopic (exact) mass is 220 g/mol. The van der Waals surface area contributed by atoms with Crippen LogP contribution in [0.15, 0.2) is 0 Å². The van der Waals surface area contributed by atoms with Gasteiger partial charge in [-0.25, -0.2) is 4.79 Å². The number of hydrogen-bond donors (Lipinski definition) is 1. The van der Waals surface area contributed by atoms with Gasteiger partial charge in [0.1, 0.15) is 0 Å². The van der Waals surface area contributed by atoms with Crippen LogP contribution in [-0.4, -0.2) is 14.5 Å². The number of halogens is 2. The van der Waals surface area contributed by atoms with Gasteiger partial charge in [-0.3, -0.25) is 0 Å². The third-order valence-electron chi connectivity index (χ3n) is 0.187. The highest BCUT2D eigenvalue weighted by Crippen LogP contribution is 2.03. The van der Waals surface area contributed by atoms with Gasteiger partial charge < -0.3 is 5.11 Å². The molecule has 0 aliphatic rings. The predicted molar refractivity (Wildman–Crippen MR) is 31.3 cm³/mol. The Morgan fingerprint density at radius 1 is 2.00 bits per heavy atom. The van der Waals surface area contributed by atoms with Gasteiger partial charge in [0.05, 0.1) is 0 Å². The lowest BCUT2D eigenvalue weighted by molar-refractivity contribution is -0.134. The minimum Gasteiger partial charge on any atom is -0.480 e. The maximum atomic E-state index is 9.56. The van der Waals surface area contributed by atoms with Crippen LogP contribution in [0.2, 0.25) is 0 Å². The van der Waals surface area contributed by atoms with Gasteiger partial charge in [0, 0.05) is 0 Å². The average Bonchev–Trinajstić information content (AvgIpc) is 1.36. The van der Waals surface area contributed by atoms with Crippen molar-refractivity contribution in [2.45, 2.75) is 3.38 Å². The molecule has 0 saturated heterocycles. The maximum Gasteiger partial charge on any atom is 0.331 e. The van der Waals surface area contributed by atoms with Gasteiger partial charge in [-0.05, 0) is 0 Å². The average molecular weight is 220 g/mol. The lowest BCUT2D eigenvalue weighted by Gasteiger charge is -1.84. The molecular formula is C2H2ClIO2. The SMILES string of the molecule is O=C(O)[C@@H](Cl)I. The summed E-state index contributed by atoms with van der Waals surface area (Å²) >= 11 is 6.60. The van der Waals surface area contributed by atoms with Crippen LogP contribution >= 0.6 is 34.2 Å². The van der Waals surface area contributed by atoms with Crippen molar-refractivity contribution in [3.05, 3.63) is 0 Å². The van der Waals surface area contributed by atoms with E-state index in [0.29, 0.717) is 0 Å². The summed E-state index contributed by atoms with van der Waals surface area (Å²) in [6, 6.07) is 0. The molecule has 0 radical (unpaired) electrons. The van der Waals surface area contributed by atoms with Crippen LogP contribution in [0.4, 0.5) is 0 Å². The van der Waals surface area contributed by atoms with Crippen molar-refractivity contribution in [3.8, 4) is 0 Å². The molecule has 0 unspecified atom stereocenters. The van der Waals surface area contributed by atoms with Crippen molar-refractivity contribution in [2.75, 3.05) is 0 Å². The third-order valence-corrected chi connectivity index (χ3v) is 0.906. The van der Waals surface area contributed by atoms with Crippen molar-refractivity contribution in [1.29, 1.82) is 0 Å². The zero-order valence-corrected chi connectivity index (χ0v) is 5.60. The molecule has 2 nitrogen and oxygen atoms in total. The minimum absolute atomic E-state index is 0.789. The van der Waals surface area contributed by atoms with E-state index in [0.717, 1.165) is 0 Å². The summed E-state index contributed by atoms with van der Waals surface area (Å²) in [5, 5.41) is 7.85. The summed E-state index contributed by atoms with van der Waals surface area (Å²) in [5.41, 5.74) is 0. The van der Waals surface area contributed by atoms with Crippen LogP contribution in [-0.2, 0) is 4.79 Å². The molecule has 36 valence electrons. The first-order valence-corrected chi connectivity index (χ1v) is 2.83. The number of aliphatic carboxylic acids is 1. The molecule has 0 aromatic carbocycles. The topological polar surface area (TPSA) is 37.3 Å². The lowest BCUT2D eigenvalue weighted by Crippen LogP contribution is -2.02. The molecule has 1 atom stereocenters. The van der Waals surface area contributed by atoms with Crippen LogP contribution < -0.4 is 0 Å². The zero-order chi connectivity index (χ0) is 5.15. The van der Waals surface area contributed by atoms with E-state index < -0.39 is 9.35 Å². The van der Waals surface area contributed by atoms with Gasteiger partial charge in [-0.2, -0.15) is 0 Å². The molecule has 0 heterocycles. The molecular weight excluding hydrogens is 218 g/mol. The van der Waals surface area contributed by atoms with E-state index in [1.54, 1.807) is 22.6 Å². The number of carbonyl (C=O) groups is 1. The molecule has 0 saturated carbocycles. The molecule has 6 heavy (non-hydrogen) atoms. The molecule has 0 spiro atoms. The van der Waals surface area contributed by atoms with Gasteiger partial charge in [0.15, 0.2) is 3.38 Å². The highest BCUT2D eigenvalue weighted by molar-refractivity contribution is 14.1. The number of alkyl halides is 2. The molecule has 0 aromatic rings. The largest absolute Gasteiger partial charge is 0.480 e. The van der Waals surface area contributed by atoms with E-state index in [1.165, 1.54) is 0 Å². The second kappa shape index (κ2) is 2.63. The molecule has 0 aliphatic carbocycles. The van der Waals surface area contributed by atoms with Crippen molar-refractivity contribution in [1.82, 2.24) is 0 Å². The maximum absolute atomic E-state index is 9.56. The summed E-state index contributed by atoms with van der Waals surface area (Å²) in [6.45, 7) is 0. The Morgan fingerprint density at radius 2 is 2.17 bits per heavy atom. The first kappa shape index (κ1) is 6.49. The molecule has 0 aliphatic heterocycles. The van der Waals surface area contributed by atoms with Crippen LogP contribution in [0.5, 0.6) is 0 Å². The number of hydrogen-bond acceptors (Lipinski definition) is 1. The second-order valence-electron chi connectivity index (χ2n) is 0.639. The first-order chi connectivity index (χ1) is 2.64. The van der Waals surface area contributed by atoms with Crippen molar-refractivity contribution >= 4 is 40.2 Å². The summed E-state index contributed by atoms with van der Waals surface area (Å²) in [7, 11) is 0. The van der Waals surface area contributed by atoms with Gasteiger partial charge >= 0.3 is 5.97 Å². The first-order valence-electron chi connectivity index (χ1n) is 1.15. The lowest BCUT2D eigenvalue weighted by atomic mass is 10.8. The summed E-state index contributed by atoms with van der Waals surface area (Å²) < 4.78 is -0.789. The normalized spacial score (nSPS) is 13.7. The van der Waals surface area contributed by atoms with Gasteiger partial charge in [-0.1, -0.05) is 34.2 Å². The highest BCUT2D eigenvalue weighted by Gasteiger charge is 2.04. The van der Waals surface area contributed by atoms with E-state index >= 15 is 0 Å². The smallest absolute Gasteiger partial charge is 0.331 e. The Bertz CT molecular complexity index is 62.6. The fourth-order valence-corrected chi connectivity index (χ4v) is 0. The summed E-state index contributed by atoms with van der Waals surface area (Å²) in [6.07, 6.45) is 0. The molecule has 0 fully saturated rings. The van der Waals surface area contributed by atoms with Gasteiger partial charge in [-0.15, -0.1) is 0 Å². The molecule has 0 aromatic heterocycles. The molecule has 1 N–H and O–H groups in total. The van der Waals surface area contributed by atoms with E-state index in [4.69, 9.17) is 16.7 Å². The van der Waals surface area contributed by atoms with E-state index in [1.807, 2.05) is 0 Å². The molecule has 4 heteroatoms. The second-order valence-corrected chi connectivity index (χ2v) is 3.06.